The van der Waals surface area contributed by atoms with Crippen molar-refractivity contribution in [3.63, 3.8) is 0 Å². The number of para-hydroxylation sites is 1. The number of carbonyl (C=O) groups is 2. The number of rotatable bonds is 3. The number of hydrogen-bond acceptors (Lipinski definition) is 3. The number of amides is 1. The fraction of sp³-hybridized carbons (Fsp3) is 0.273. The lowest BCUT2D eigenvalue weighted by atomic mass is 10.1. The predicted molar refractivity (Wildman–Crippen MR) is 60.2 cm³/mol. The lowest BCUT2D eigenvalue weighted by Crippen LogP contribution is -2.42. The summed E-state index contributed by atoms with van der Waals surface area (Å²) in [5, 5.41) is 11.1. The van der Waals surface area contributed by atoms with Crippen LogP contribution in [0.15, 0.2) is 18.2 Å². The molecule has 0 bridgehead atoms. The molecule has 1 aromatic carbocycles. The highest BCUT2D eigenvalue weighted by Gasteiger charge is 2.21. The summed E-state index contributed by atoms with van der Waals surface area (Å²) < 4.78 is 0. The van der Waals surface area contributed by atoms with E-state index in [1.54, 1.807) is 0 Å². The summed E-state index contributed by atoms with van der Waals surface area (Å²) in [6.07, 6.45) is 0. The van der Waals surface area contributed by atoms with Crippen molar-refractivity contribution < 1.29 is 14.7 Å². The van der Waals surface area contributed by atoms with Crippen LogP contribution in [-0.2, 0) is 9.59 Å². The van der Waals surface area contributed by atoms with Gasteiger partial charge in [0.2, 0.25) is 0 Å². The van der Waals surface area contributed by atoms with Gasteiger partial charge in [-0.25, -0.2) is 4.79 Å². The Labute approximate surface area is 93.3 Å². The number of aliphatic carboxylic acids is 1. The van der Waals surface area contributed by atoms with Gasteiger partial charge in [0.15, 0.2) is 6.04 Å². The van der Waals surface area contributed by atoms with E-state index >= 15 is 0 Å². The first-order valence-corrected chi connectivity index (χ1v) is 4.79. The summed E-state index contributed by atoms with van der Waals surface area (Å²) in [7, 11) is 0. The van der Waals surface area contributed by atoms with Crippen LogP contribution < -0.4 is 11.1 Å². The van der Waals surface area contributed by atoms with Crippen molar-refractivity contribution in [2.24, 2.45) is 5.73 Å². The summed E-state index contributed by atoms with van der Waals surface area (Å²) in [6, 6.07) is 3.97. The monoisotopic (exact) mass is 222 g/mol. The second kappa shape index (κ2) is 4.76. The molecular formula is C11H14N2O3. The van der Waals surface area contributed by atoms with E-state index in [1.807, 2.05) is 32.0 Å². The maximum absolute atomic E-state index is 11.4. The highest BCUT2D eigenvalue weighted by atomic mass is 16.4. The van der Waals surface area contributed by atoms with E-state index in [9.17, 15) is 9.59 Å². The molecule has 0 aliphatic carbocycles. The summed E-state index contributed by atoms with van der Waals surface area (Å²) >= 11 is 0. The van der Waals surface area contributed by atoms with Gasteiger partial charge in [-0.3, -0.25) is 4.79 Å². The minimum Gasteiger partial charge on any atom is -0.480 e. The van der Waals surface area contributed by atoms with Crippen molar-refractivity contribution in [1.82, 2.24) is 0 Å². The summed E-state index contributed by atoms with van der Waals surface area (Å²) in [6.45, 7) is 3.66. The predicted octanol–water partition coefficient (Wildman–Crippen LogP) is 0.654. The molecule has 5 nitrogen and oxygen atoms in total. The molecule has 0 radical (unpaired) electrons. The number of anilines is 1. The minimum atomic E-state index is -1.54. The molecule has 0 aliphatic heterocycles. The van der Waals surface area contributed by atoms with Crippen LogP contribution in [0.25, 0.3) is 0 Å². The summed E-state index contributed by atoms with van der Waals surface area (Å²) in [5.74, 6) is -2.06. The van der Waals surface area contributed by atoms with Crippen molar-refractivity contribution in [2.75, 3.05) is 5.32 Å². The van der Waals surface area contributed by atoms with E-state index < -0.39 is 17.9 Å². The SMILES string of the molecule is Cc1cccc(C)c1NC(=O)C(N)C(=O)O. The topological polar surface area (TPSA) is 92.4 Å². The van der Waals surface area contributed by atoms with Crippen molar-refractivity contribution in [1.29, 1.82) is 0 Å². The van der Waals surface area contributed by atoms with Gasteiger partial charge in [0.25, 0.3) is 5.91 Å². The van der Waals surface area contributed by atoms with Gasteiger partial charge in [-0.2, -0.15) is 0 Å². The molecule has 0 aromatic heterocycles. The van der Waals surface area contributed by atoms with Crippen molar-refractivity contribution in [3.05, 3.63) is 29.3 Å². The number of hydrogen-bond donors (Lipinski definition) is 3. The maximum atomic E-state index is 11.4. The fourth-order valence-electron chi connectivity index (χ4n) is 1.32. The Morgan fingerprint density at radius 1 is 1.31 bits per heavy atom. The zero-order valence-corrected chi connectivity index (χ0v) is 9.15. The van der Waals surface area contributed by atoms with Gasteiger partial charge >= 0.3 is 5.97 Å². The van der Waals surface area contributed by atoms with Crippen LogP contribution in [-0.4, -0.2) is 23.0 Å². The van der Waals surface area contributed by atoms with E-state index in [0.29, 0.717) is 5.69 Å². The average molecular weight is 222 g/mol. The van der Waals surface area contributed by atoms with E-state index in [0.717, 1.165) is 11.1 Å². The third-order valence-corrected chi connectivity index (χ3v) is 2.28. The van der Waals surface area contributed by atoms with Crippen molar-refractivity contribution >= 4 is 17.6 Å². The molecule has 1 unspecified atom stereocenters. The van der Waals surface area contributed by atoms with Crippen LogP contribution in [0.3, 0.4) is 0 Å². The first-order valence-electron chi connectivity index (χ1n) is 4.79. The molecular weight excluding hydrogens is 208 g/mol. The first-order chi connectivity index (χ1) is 7.43. The molecule has 1 amide bonds. The van der Waals surface area contributed by atoms with Gasteiger partial charge in [-0.05, 0) is 25.0 Å². The molecule has 86 valence electrons. The van der Waals surface area contributed by atoms with Crippen LogP contribution in [0.4, 0.5) is 5.69 Å². The maximum Gasteiger partial charge on any atom is 0.330 e. The van der Waals surface area contributed by atoms with Gasteiger partial charge in [0, 0.05) is 5.69 Å². The molecule has 4 N–H and O–H groups in total. The Kier molecular flexibility index (Phi) is 3.63. The third kappa shape index (κ3) is 2.58. The number of nitrogens with one attached hydrogen (secondary N) is 1. The Bertz CT molecular complexity index is 409. The number of nitrogens with two attached hydrogens (primary N) is 1. The molecule has 5 heteroatoms. The number of aryl methyl sites for hydroxylation is 2. The van der Waals surface area contributed by atoms with E-state index in [-0.39, 0.29) is 0 Å². The molecule has 0 heterocycles. The van der Waals surface area contributed by atoms with Crippen LogP contribution in [0.1, 0.15) is 11.1 Å². The summed E-state index contributed by atoms with van der Waals surface area (Å²) in [4.78, 5) is 22.0. The van der Waals surface area contributed by atoms with E-state index in [4.69, 9.17) is 10.8 Å². The molecule has 1 atom stereocenters. The molecule has 0 fully saturated rings. The molecule has 1 aromatic rings. The number of carbonyl (C=O) groups excluding carboxylic acids is 1. The second-order valence-corrected chi connectivity index (χ2v) is 3.57. The lowest BCUT2D eigenvalue weighted by molar-refractivity contribution is -0.141. The molecule has 16 heavy (non-hydrogen) atoms. The van der Waals surface area contributed by atoms with Crippen LogP contribution in [0.5, 0.6) is 0 Å². The zero-order valence-electron chi connectivity index (χ0n) is 9.15. The van der Waals surface area contributed by atoms with Gasteiger partial charge in [-0.1, -0.05) is 18.2 Å². The molecule has 0 aliphatic rings. The largest absolute Gasteiger partial charge is 0.480 e. The minimum absolute atomic E-state index is 0.615. The Hall–Kier alpha value is -1.88. The molecule has 0 saturated carbocycles. The fourth-order valence-corrected chi connectivity index (χ4v) is 1.32. The van der Waals surface area contributed by atoms with Crippen molar-refractivity contribution in [3.8, 4) is 0 Å². The van der Waals surface area contributed by atoms with Crippen LogP contribution in [0.2, 0.25) is 0 Å². The zero-order chi connectivity index (χ0) is 12.3. The van der Waals surface area contributed by atoms with Gasteiger partial charge < -0.3 is 16.2 Å². The van der Waals surface area contributed by atoms with Crippen LogP contribution >= 0.6 is 0 Å². The van der Waals surface area contributed by atoms with Crippen LogP contribution in [0, 0.1) is 13.8 Å². The van der Waals surface area contributed by atoms with E-state index in [2.05, 4.69) is 5.32 Å². The number of benzene rings is 1. The van der Waals surface area contributed by atoms with Crippen molar-refractivity contribution in [2.45, 2.75) is 19.9 Å². The Morgan fingerprint density at radius 2 is 1.81 bits per heavy atom. The average Bonchev–Trinajstić information content (AvgIpc) is 2.22. The Balaban J connectivity index is 2.89. The highest BCUT2D eigenvalue weighted by molar-refractivity contribution is 6.08. The molecule has 1 rings (SSSR count). The van der Waals surface area contributed by atoms with Gasteiger partial charge in [0.1, 0.15) is 0 Å². The smallest absolute Gasteiger partial charge is 0.330 e. The van der Waals surface area contributed by atoms with Gasteiger partial charge in [-0.15, -0.1) is 0 Å². The third-order valence-electron chi connectivity index (χ3n) is 2.28. The normalized spacial score (nSPS) is 11.9. The van der Waals surface area contributed by atoms with Gasteiger partial charge in [0.05, 0.1) is 0 Å². The standard InChI is InChI=1S/C11H14N2O3/c1-6-4-3-5-7(2)9(6)13-10(14)8(12)11(15)16/h3-5,8H,12H2,1-2H3,(H,13,14)(H,15,16). The highest BCUT2D eigenvalue weighted by Crippen LogP contribution is 2.19. The second-order valence-electron chi connectivity index (χ2n) is 3.57. The Morgan fingerprint density at radius 3 is 2.25 bits per heavy atom. The number of carboxylic acids is 1. The molecule has 0 spiro atoms. The quantitative estimate of drug-likeness (QED) is 0.655. The first kappa shape index (κ1) is 12.2. The lowest BCUT2D eigenvalue weighted by Gasteiger charge is -2.13. The number of carboxylic acid groups (broad SMARTS) is 1. The van der Waals surface area contributed by atoms with E-state index in [1.165, 1.54) is 0 Å². The molecule has 0 saturated heterocycles. The summed E-state index contributed by atoms with van der Waals surface area (Å²) in [5.41, 5.74) is 7.54.